The molecule has 0 heterocycles. The summed E-state index contributed by atoms with van der Waals surface area (Å²) in [6.07, 6.45) is 3.83. The van der Waals surface area contributed by atoms with Crippen LogP contribution in [-0.4, -0.2) is 0 Å². The zero-order valence-electron chi connectivity index (χ0n) is 23.3. The van der Waals surface area contributed by atoms with E-state index < -0.39 is 5.41 Å². The van der Waals surface area contributed by atoms with Gasteiger partial charge in [-0.2, -0.15) is 0 Å². The van der Waals surface area contributed by atoms with Crippen molar-refractivity contribution in [1.29, 1.82) is 0 Å². The van der Waals surface area contributed by atoms with E-state index in [1.54, 1.807) is 0 Å². The largest absolute Gasteiger partial charge is 0.355 e. The molecule has 0 radical (unpaired) electrons. The predicted octanol–water partition coefficient (Wildman–Crippen LogP) is 10.7. The van der Waals surface area contributed by atoms with E-state index >= 15 is 0 Å². The highest BCUT2D eigenvalue weighted by Gasteiger charge is 2.51. The molecule has 2 aliphatic carbocycles. The minimum Gasteiger partial charge on any atom is -0.355 e. The smallest absolute Gasteiger partial charge is 0.0726 e. The summed E-state index contributed by atoms with van der Waals surface area (Å²) < 4.78 is 0. The molecule has 2 aliphatic rings. The minimum absolute atomic E-state index is 0.394. The van der Waals surface area contributed by atoms with Gasteiger partial charge in [-0.1, -0.05) is 135 Å². The normalized spacial score (nSPS) is 13.1. The highest BCUT2D eigenvalue weighted by atomic mass is 14.9. The van der Waals surface area contributed by atoms with Crippen LogP contribution in [0.1, 0.15) is 33.4 Å². The molecule has 6 aromatic rings. The summed E-state index contributed by atoms with van der Waals surface area (Å²) in [5.41, 5.74) is 16.9. The van der Waals surface area contributed by atoms with Crippen LogP contribution in [-0.2, 0) is 5.41 Å². The molecule has 8 rings (SSSR count). The molecule has 1 N–H and O–H groups in total. The Morgan fingerprint density at radius 3 is 1.64 bits per heavy atom. The van der Waals surface area contributed by atoms with Crippen molar-refractivity contribution in [3.8, 4) is 33.4 Å². The van der Waals surface area contributed by atoms with Gasteiger partial charge in [-0.25, -0.2) is 0 Å². The van der Waals surface area contributed by atoms with E-state index in [0.29, 0.717) is 0 Å². The number of nitrogens with one attached hydrogen (secondary N) is 1. The zero-order chi connectivity index (χ0) is 28.3. The number of benzene rings is 6. The van der Waals surface area contributed by atoms with E-state index in [4.69, 9.17) is 0 Å². The summed E-state index contributed by atoms with van der Waals surface area (Å²) in [5.74, 6) is 0. The van der Waals surface area contributed by atoms with Crippen LogP contribution in [0, 0.1) is 0 Å². The van der Waals surface area contributed by atoms with Crippen LogP contribution in [0.4, 0.5) is 11.4 Å². The first kappa shape index (κ1) is 24.4. The van der Waals surface area contributed by atoms with E-state index in [9.17, 15) is 0 Å². The van der Waals surface area contributed by atoms with E-state index in [0.717, 1.165) is 22.5 Å². The fourth-order valence-corrected chi connectivity index (χ4v) is 7.16. The Kier molecular flexibility index (Phi) is 5.42. The average molecular weight is 536 g/mol. The van der Waals surface area contributed by atoms with Gasteiger partial charge in [0.1, 0.15) is 0 Å². The van der Waals surface area contributed by atoms with Crippen LogP contribution in [0.5, 0.6) is 0 Å². The fraction of sp³-hybridized carbons (Fsp3) is 0.0244. The molecule has 1 spiro atoms. The summed E-state index contributed by atoms with van der Waals surface area (Å²) in [4.78, 5) is 0. The quantitative estimate of drug-likeness (QED) is 0.231. The first-order chi connectivity index (χ1) is 20.7. The van der Waals surface area contributed by atoms with Crippen LogP contribution in [0.15, 0.2) is 147 Å². The first-order valence-corrected chi connectivity index (χ1v) is 14.4. The maximum absolute atomic E-state index is 4.10. The standard InChI is InChI=1S/C41H29N/c1-3-27-17-20-29(21-18-27)31-11-7-10-16-40(31)42-30-22-24-35-34-23-19-28(4-2)25-38(34)41(39(35)26-30)36-14-8-5-12-32(36)33-13-6-9-15-37(33)41/h3-26,42H,1-2H2. The molecule has 42 heavy (non-hydrogen) atoms. The van der Waals surface area contributed by atoms with Crippen LogP contribution in [0.3, 0.4) is 0 Å². The van der Waals surface area contributed by atoms with Crippen molar-refractivity contribution < 1.29 is 0 Å². The van der Waals surface area contributed by atoms with E-state index in [2.05, 4.69) is 152 Å². The number of rotatable bonds is 5. The Hall–Kier alpha value is -5.40. The van der Waals surface area contributed by atoms with E-state index in [1.807, 2.05) is 12.2 Å². The van der Waals surface area contributed by atoms with E-state index in [-0.39, 0.29) is 0 Å². The average Bonchev–Trinajstić information content (AvgIpc) is 3.51. The van der Waals surface area contributed by atoms with Crippen molar-refractivity contribution in [2.75, 3.05) is 5.32 Å². The topological polar surface area (TPSA) is 12.0 Å². The Balaban J connectivity index is 1.34. The predicted molar refractivity (Wildman–Crippen MR) is 178 cm³/mol. The van der Waals surface area contributed by atoms with Crippen molar-refractivity contribution in [3.05, 3.63) is 180 Å². The zero-order valence-corrected chi connectivity index (χ0v) is 23.3. The molecular weight excluding hydrogens is 506 g/mol. The Morgan fingerprint density at radius 2 is 0.976 bits per heavy atom. The van der Waals surface area contributed by atoms with Crippen LogP contribution < -0.4 is 5.32 Å². The molecule has 198 valence electrons. The van der Waals surface area contributed by atoms with Crippen molar-refractivity contribution in [1.82, 2.24) is 0 Å². The Labute approximate surface area is 247 Å². The second-order valence-corrected chi connectivity index (χ2v) is 11.1. The van der Waals surface area contributed by atoms with Gasteiger partial charge in [0.25, 0.3) is 0 Å². The van der Waals surface area contributed by atoms with Gasteiger partial charge in [0.2, 0.25) is 0 Å². The van der Waals surface area contributed by atoms with Gasteiger partial charge >= 0.3 is 0 Å². The maximum atomic E-state index is 4.10. The molecule has 0 atom stereocenters. The number of fused-ring (bicyclic) bond motifs is 10. The maximum Gasteiger partial charge on any atom is 0.0726 e. The summed E-state index contributed by atoms with van der Waals surface area (Å²) in [6, 6.07) is 48.6. The molecular formula is C41H29N. The summed E-state index contributed by atoms with van der Waals surface area (Å²) >= 11 is 0. The third-order valence-corrected chi connectivity index (χ3v) is 9.01. The third kappa shape index (κ3) is 3.37. The molecule has 0 amide bonds. The Morgan fingerprint density at radius 1 is 0.452 bits per heavy atom. The van der Waals surface area contributed by atoms with Gasteiger partial charge in [0.05, 0.1) is 5.41 Å². The van der Waals surface area contributed by atoms with Gasteiger partial charge in [0, 0.05) is 16.9 Å². The lowest BCUT2D eigenvalue weighted by Crippen LogP contribution is -2.26. The van der Waals surface area contributed by atoms with Gasteiger partial charge in [-0.15, -0.1) is 0 Å². The minimum atomic E-state index is -0.394. The SMILES string of the molecule is C=Cc1ccc(-c2ccccc2Nc2ccc3c(c2)C2(c4ccccc4-c4ccccc42)c2cc(C=C)ccc2-3)cc1. The molecule has 0 fully saturated rings. The summed E-state index contributed by atoms with van der Waals surface area (Å²) in [7, 11) is 0. The van der Waals surface area contributed by atoms with Crippen molar-refractivity contribution in [2.45, 2.75) is 5.41 Å². The lowest BCUT2D eigenvalue weighted by atomic mass is 9.70. The molecule has 0 aliphatic heterocycles. The molecule has 0 bridgehead atoms. The number of hydrogen-bond acceptors (Lipinski definition) is 1. The number of anilines is 2. The third-order valence-electron chi connectivity index (χ3n) is 9.01. The van der Waals surface area contributed by atoms with Gasteiger partial charge in [-0.3, -0.25) is 0 Å². The lowest BCUT2D eigenvalue weighted by molar-refractivity contribution is 0.794. The lowest BCUT2D eigenvalue weighted by Gasteiger charge is -2.31. The summed E-state index contributed by atoms with van der Waals surface area (Å²) in [6.45, 7) is 8.00. The van der Waals surface area contributed by atoms with Crippen molar-refractivity contribution in [3.63, 3.8) is 0 Å². The number of para-hydroxylation sites is 1. The molecule has 0 unspecified atom stereocenters. The van der Waals surface area contributed by atoms with E-state index in [1.165, 1.54) is 55.6 Å². The number of hydrogen-bond donors (Lipinski definition) is 1. The molecule has 6 aromatic carbocycles. The van der Waals surface area contributed by atoms with Crippen LogP contribution >= 0.6 is 0 Å². The first-order valence-electron chi connectivity index (χ1n) is 14.4. The highest BCUT2D eigenvalue weighted by molar-refractivity contribution is 5.96. The molecule has 0 aromatic heterocycles. The molecule has 0 saturated carbocycles. The Bertz CT molecular complexity index is 2000. The summed E-state index contributed by atoms with van der Waals surface area (Å²) in [5, 5.41) is 3.80. The van der Waals surface area contributed by atoms with Gasteiger partial charge in [0.15, 0.2) is 0 Å². The molecule has 0 saturated heterocycles. The fourth-order valence-electron chi connectivity index (χ4n) is 7.16. The second kappa shape index (κ2) is 9.33. The molecule has 1 heteroatoms. The van der Waals surface area contributed by atoms with Gasteiger partial charge in [-0.05, 0) is 85.5 Å². The monoisotopic (exact) mass is 535 g/mol. The second-order valence-electron chi connectivity index (χ2n) is 11.1. The highest BCUT2D eigenvalue weighted by Crippen LogP contribution is 2.63. The molecule has 1 nitrogen and oxygen atoms in total. The van der Waals surface area contributed by atoms with Crippen LogP contribution in [0.2, 0.25) is 0 Å². The van der Waals surface area contributed by atoms with Crippen molar-refractivity contribution in [2.24, 2.45) is 0 Å². The van der Waals surface area contributed by atoms with Crippen molar-refractivity contribution >= 4 is 23.5 Å². The van der Waals surface area contributed by atoms with Gasteiger partial charge < -0.3 is 5.32 Å². The van der Waals surface area contributed by atoms with Crippen LogP contribution in [0.25, 0.3) is 45.5 Å².